The molecule has 0 spiro atoms. The first-order valence-electron chi connectivity index (χ1n) is 26.6. The zero-order valence-electron chi connectivity index (χ0n) is 43.1. The second-order valence-corrected chi connectivity index (χ2v) is 22.3. The van der Waals surface area contributed by atoms with Crippen LogP contribution >= 0.6 is 0 Å². The number of fused-ring (bicyclic) bond motifs is 16. The number of hydrogen-bond donors (Lipinski definition) is 1. The highest BCUT2D eigenvalue weighted by Crippen LogP contribution is 2.39. The number of aryl methyl sites for hydroxylation is 1. The van der Waals surface area contributed by atoms with Gasteiger partial charge in [0.1, 0.15) is 0 Å². The third-order valence-corrected chi connectivity index (χ3v) is 17.5. The zero-order valence-corrected chi connectivity index (χ0v) is 43.9. The van der Waals surface area contributed by atoms with Crippen molar-refractivity contribution < 1.29 is 8.42 Å². The molecule has 0 unspecified atom stereocenters. The van der Waals surface area contributed by atoms with Gasteiger partial charge in [-0.1, -0.05) is 139 Å². The molecule has 17 aromatic rings. The van der Waals surface area contributed by atoms with E-state index in [1.807, 2.05) is 79.7 Å². The average molecular weight is 1050 g/mol. The molecule has 0 aliphatic heterocycles. The highest BCUT2D eigenvalue weighted by Gasteiger charge is 2.25. The van der Waals surface area contributed by atoms with E-state index in [-0.39, 0.29) is 4.90 Å². The van der Waals surface area contributed by atoms with Gasteiger partial charge >= 0.3 is 0 Å². The minimum absolute atomic E-state index is 0.268. The van der Waals surface area contributed by atoms with Gasteiger partial charge in [0.05, 0.1) is 60.1 Å². The van der Waals surface area contributed by atoms with Crippen LogP contribution in [-0.4, -0.2) is 45.3 Å². The van der Waals surface area contributed by atoms with Crippen molar-refractivity contribution in [3.05, 3.63) is 260 Å². The highest BCUT2D eigenvalue weighted by atomic mass is 32.2. The summed E-state index contributed by atoms with van der Waals surface area (Å²) < 4.78 is 38.4. The van der Waals surface area contributed by atoms with Crippen molar-refractivity contribution in [1.82, 2.24) is 36.9 Å². The van der Waals surface area contributed by atoms with Crippen molar-refractivity contribution in [2.24, 2.45) is 0 Å². The number of nitrogens with one attached hydrogen (secondary N) is 1. The fourth-order valence-corrected chi connectivity index (χ4v) is 13.6. The van der Waals surface area contributed by atoms with E-state index in [1.54, 1.807) is 12.1 Å². The lowest BCUT2D eigenvalue weighted by Gasteiger charge is -2.10. The summed E-state index contributed by atoms with van der Waals surface area (Å²) in [5, 5.41) is 4.28. The molecule has 6 aromatic heterocycles. The minimum atomic E-state index is -3.83. The molecular weight excluding hydrogens is 1000 g/mol. The molecule has 0 aliphatic carbocycles. The Morgan fingerprint density at radius 1 is 0.350 bits per heavy atom. The normalized spacial score (nSPS) is 12.2. The van der Waals surface area contributed by atoms with Crippen molar-refractivity contribution in [3.63, 3.8) is 0 Å². The van der Waals surface area contributed by atoms with E-state index in [9.17, 15) is 8.42 Å². The van der Waals surface area contributed by atoms with Crippen LogP contribution in [0.4, 0.5) is 0 Å². The van der Waals surface area contributed by atoms with Gasteiger partial charge in [-0.2, -0.15) is 0 Å². The summed E-state index contributed by atoms with van der Waals surface area (Å²) in [6.45, 7) is 1.95. The molecule has 11 aromatic carbocycles. The molecule has 80 heavy (non-hydrogen) atoms. The molecule has 0 aliphatic rings. The highest BCUT2D eigenvalue weighted by molar-refractivity contribution is 7.90. The maximum Gasteiger partial charge on any atom is 0.268 e. The summed E-state index contributed by atoms with van der Waals surface area (Å²) in [5.74, 6) is 1.78. The molecule has 380 valence electrons. The number of H-pyrrole nitrogens is 1. The second-order valence-electron chi connectivity index (χ2n) is 20.5. The van der Waals surface area contributed by atoms with Crippen LogP contribution in [-0.2, 0) is 10.0 Å². The van der Waals surface area contributed by atoms with Crippen molar-refractivity contribution >= 4 is 109 Å². The van der Waals surface area contributed by atoms with Gasteiger partial charge in [0, 0.05) is 44.0 Å². The lowest BCUT2D eigenvalue weighted by atomic mass is 10.0. The van der Waals surface area contributed by atoms with Crippen LogP contribution in [0.1, 0.15) is 5.56 Å². The van der Waals surface area contributed by atoms with Gasteiger partial charge in [-0.15, -0.1) is 0 Å². The van der Waals surface area contributed by atoms with E-state index in [1.165, 1.54) is 31.4 Å². The van der Waals surface area contributed by atoms with Gasteiger partial charge in [-0.05, 0) is 151 Å². The number of benzene rings is 11. The fraction of sp³-hybridized carbons (Fsp3) is 0.0145. The van der Waals surface area contributed by atoms with E-state index in [0.29, 0.717) is 11.0 Å². The molecule has 0 atom stereocenters. The molecule has 0 saturated heterocycles. The maximum atomic E-state index is 14.0. The Morgan fingerprint density at radius 3 is 1.38 bits per heavy atom. The van der Waals surface area contributed by atoms with Gasteiger partial charge in [0.15, 0.2) is 0 Å². The van der Waals surface area contributed by atoms with E-state index in [4.69, 9.17) is 9.97 Å². The summed E-state index contributed by atoms with van der Waals surface area (Å²) in [7, 11) is -3.83. The Labute approximate surface area is 458 Å². The molecule has 0 saturated carbocycles. The number of imidazole rings is 4. The van der Waals surface area contributed by atoms with Crippen molar-refractivity contribution in [2.75, 3.05) is 0 Å². The predicted octanol–water partition coefficient (Wildman–Crippen LogP) is 16.5. The Balaban J connectivity index is 0.000000137. The Bertz CT molecular complexity index is 5450. The number of para-hydroxylation sites is 8. The van der Waals surface area contributed by atoms with Crippen LogP contribution in [0.3, 0.4) is 0 Å². The molecule has 0 radical (unpaired) electrons. The SMILES string of the molecule is Cc1ccc(S(=O)(=O)n2c3ccccc3c3cc(-c4ccc5nc6n(-c7ccccc7)c7ccccc7n6c5c4)ccc32)cc1.c1ccc(-n2c3ccccc3n3c4cc(-c5ccc6[nH]c7ccccc7c6c5)ccc4nc23)cc1. The van der Waals surface area contributed by atoms with Crippen molar-refractivity contribution in [2.45, 2.75) is 11.8 Å². The molecule has 0 bridgehead atoms. The first-order valence-corrected chi connectivity index (χ1v) is 28.1. The zero-order chi connectivity index (χ0) is 53.2. The molecule has 1 N–H and O–H groups in total. The summed E-state index contributed by atoms with van der Waals surface area (Å²) in [5.41, 5.74) is 19.7. The van der Waals surface area contributed by atoms with Gasteiger partial charge in [-0.25, -0.2) is 22.4 Å². The molecule has 10 nitrogen and oxygen atoms in total. The number of aromatic amines is 1. The monoisotopic (exact) mass is 1050 g/mol. The minimum Gasteiger partial charge on any atom is -0.355 e. The quantitative estimate of drug-likeness (QED) is 0.179. The standard InChI is InChI=1S/C38H26N4O2S.C31H20N4/c1-25-15-19-29(20-16-25)45(43,44)42-33-12-6-5-11-30(33)31-23-26(18-22-34(31)42)27-17-21-32-37(24-27)41-36-14-8-7-13-35(36)40(38(41)39-32)28-9-3-2-4-10-28;1-2-8-22(9-3-1)34-28-12-6-7-13-29(28)35-30-19-21(15-17-27(30)33-31(34)35)20-14-16-26-24(18-20)23-10-4-5-11-25(23)32-26/h2-24H,1H3;1-19,32H. The number of aromatic nitrogens is 8. The predicted molar refractivity (Wildman–Crippen MR) is 326 cm³/mol. The van der Waals surface area contributed by atoms with Gasteiger partial charge in [0.2, 0.25) is 11.6 Å². The third-order valence-electron chi connectivity index (χ3n) is 15.8. The second kappa shape index (κ2) is 17.5. The molecule has 11 heteroatoms. The van der Waals surface area contributed by atoms with Crippen LogP contribution in [0.25, 0.3) is 133 Å². The lowest BCUT2D eigenvalue weighted by molar-refractivity contribution is 0.590. The molecule has 0 fully saturated rings. The van der Waals surface area contributed by atoms with E-state index in [0.717, 1.165) is 100 Å². The number of rotatable bonds is 6. The Kier molecular flexibility index (Phi) is 10.0. The Morgan fingerprint density at radius 2 is 0.787 bits per heavy atom. The van der Waals surface area contributed by atoms with Gasteiger partial charge < -0.3 is 4.98 Å². The van der Waals surface area contributed by atoms with Crippen LogP contribution in [0.5, 0.6) is 0 Å². The maximum absolute atomic E-state index is 14.0. The largest absolute Gasteiger partial charge is 0.355 e. The molecule has 6 heterocycles. The first kappa shape index (κ1) is 45.7. The summed E-state index contributed by atoms with van der Waals surface area (Å²) in [4.78, 5) is 13.9. The van der Waals surface area contributed by atoms with Crippen LogP contribution in [0.2, 0.25) is 0 Å². The summed E-state index contributed by atoms with van der Waals surface area (Å²) >= 11 is 0. The third kappa shape index (κ3) is 6.94. The number of hydrogen-bond acceptors (Lipinski definition) is 4. The number of nitrogens with zero attached hydrogens (tertiary/aromatic N) is 7. The van der Waals surface area contributed by atoms with Crippen LogP contribution in [0.15, 0.2) is 260 Å². The van der Waals surface area contributed by atoms with Crippen LogP contribution < -0.4 is 0 Å². The fourth-order valence-electron chi connectivity index (χ4n) is 12.0. The average Bonchev–Trinajstić information content (AvgIpc) is 4.55. The topological polar surface area (TPSA) is 99.3 Å². The molecule has 0 amide bonds. The smallest absolute Gasteiger partial charge is 0.268 e. The van der Waals surface area contributed by atoms with E-state index in [2.05, 4.69) is 193 Å². The van der Waals surface area contributed by atoms with Crippen LogP contribution in [0, 0.1) is 6.92 Å². The first-order chi connectivity index (χ1) is 39.3. The molecule has 17 rings (SSSR count). The van der Waals surface area contributed by atoms with Crippen molar-refractivity contribution in [3.8, 4) is 33.6 Å². The summed E-state index contributed by atoms with van der Waals surface area (Å²) in [6.07, 6.45) is 0. The lowest BCUT2D eigenvalue weighted by Crippen LogP contribution is -2.12. The molecular formula is C69H46N8O2S. The van der Waals surface area contributed by atoms with E-state index >= 15 is 0 Å². The van der Waals surface area contributed by atoms with E-state index < -0.39 is 10.0 Å². The van der Waals surface area contributed by atoms with Gasteiger partial charge in [0.25, 0.3) is 10.0 Å². The summed E-state index contributed by atoms with van der Waals surface area (Å²) in [6, 6.07) is 86.5. The Hall–Kier alpha value is -10.5. The van der Waals surface area contributed by atoms with Crippen molar-refractivity contribution in [1.29, 1.82) is 0 Å². The van der Waals surface area contributed by atoms with Gasteiger partial charge in [-0.3, -0.25) is 17.9 Å².